The van der Waals surface area contributed by atoms with Crippen LogP contribution in [0.15, 0.2) is 77.7 Å². The zero-order chi connectivity index (χ0) is 19.3. The van der Waals surface area contributed by atoms with Gasteiger partial charge in [-0.3, -0.25) is 9.78 Å². The summed E-state index contributed by atoms with van der Waals surface area (Å²) in [6.45, 7) is 2.76. The van der Waals surface area contributed by atoms with Gasteiger partial charge >= 0.3 is 0 Å². The summed E-state index contributed by atoms with van der Waals surface area (Å²) in [5, 5.41) is 4.86. The largest absolute Gasteiger partial charge is 0.493 e. The van der Waals surface area contributed by atoms with E-state index < -0.39 is 0 Å². The summed E-state index contributed by atoms with van der Waals surface area (Å²) in [5.74, 6) is 1.15. The lowest BCUT2D eigenvalue weighted by molar-refractivity contribution is 0.0949. The minimum Gasteiger partial charge on any atom is -0.493 e. The molecule has 2 aromatic heterocycles. The minimum atomic E-state index is -0.177. The summed E-state index contributed by atoms with van der Waals surface area (Å²) in [5.41, 5.74) is 2.31. The molecule has 2 aromatic carbocycles. The third-order valence-electron chi connectivity index (χ3n) is 4.47. The minimum absolute atomic E-state index is 0.177. The van der Waals surface area contributed by atoms with Crippen LogP contribution in [0.1, 0.15) is 22.8 Å². The van der Waals surface area contributed by atoms with Crippen molar-refractivity contribution in [2.45, 2.75) is 13.5 Å². The van der Waals surface area contributed by atoms with E-state index in [1.807, 2.05) is 61.5 Å². The smallest absolute Gasteiger partial charge is 0.255 e. The van der Waals surface area contributed by atoms with E-state index in [9.17, 15) is 4.79 Å². The van der Waals surface area contributed by atoms with E-state index in [-0.39, 0.29) is 5.91 Å². The number of furan rings is 1. The van der Waals surface area contributed by atoms with E-state index in [1.54, 1.807) is 18.7 Å². The Hall–Kier alpha value is -3.60. The van der Waals surface area contributed by atoms with Gasteiger partial charge in [0.15, 0.2) is 0 Å². The van der Waals surface area contributed by atoms with Crippen LogP contribution in [-0.4, -0.2) is 17.5 Å². The molecule has 0 unspecified atom stereocenters. The molecule has 0 aliphatic carbocycles. The van der Waals surface area contributed by atoms with Crippen LogP contribution in [0.2, 0.25) is 0 Å². The van der Waals surface area contributed by atoms with Crippen LogP contribution in [0.4, 0.5) is 0 Å². The predicted molar refractivity (Wildman–Crippen MR) is 108 cm³/mol. The van der Waals surface area contributed by atoms with Crippen molar-refractivity contribution < 1.29 is 13.9 Å². The number of carbonyl (C=O) groups excluding carboxylic acids is 1. The van der Waals surface area contributed by atoms with Crippen LogP contribution in [0.3, 0.4) is 0 Å². The van der Waals surface area contributed by atoms with Gasteiger partial charge in [-0.2, -0.15) is 0 Å². The fourth-order valence-corrected chi connectivity index (χ4v) is 3.19. The SMILES string of the molecule is CCOc1ccc2ccccc2c1C(=O)NCc1cncc(-c2ccco2)c1. The molecule has 4 rings (SSSR count). The lowest BCUT2D eigenvalue weighted by Gasteiger charge is -2.13. The summed E-state index contributed by atoms with van der Waals surface area (Å²) in [6.07, 6.45) is 5.10. The fourth-order valence-electron chi connectivity index (χ4n) is 3.19. The molecular weight excluding hydrogens is 352 g/mol. The molecule has 140 valence electrons. The number of hydrogen-bond donors (Lipinski definition) is 1. The molecule has 1 amide bonds. The number of amides is 1. The van der Waals surface area contributed by atoms with Crippen LogP contribution in [0.25, 0.3) is 22.1 Å². The number of nitrogens with zero attached hydrogens (tertiary/aromatic N) is 1. The highest BCUT2D eigenvalue weighted by Gasteiger charge is 2.16. The molecule has 0 bridgehead atoms. The lowest BCUT2D eigenvalue weighted by Crippen LogP contribution is -2.24. The van der Waals surface area contributed by atoms with Gasteiger partial charge in [-0.15, -0.1) is 0 Å². The Bertz CT molecular complexity index is 1100. The van der Waals surface area contributed by atoms with Gasteiger partial charge in [0.2, 0.25) is 0 Å². The molecule has 0 saturated carbocycles. The second kappa shape index (κ2) is 7.96. The molecule has 5 nitrogen and oxygen atoms in total. The van der Waals surface area contributed by atoms with Crippen LogP contribution >= 0.6 is 0 Å². The first-order chi connectivity index (χ1) is 13.8. The average molecular weight is 372 g/mol. The first-order valence-electron chi connectivity index (χ1n) is 9.17. The number of aromatic nitrogens is 1. The van der Waals surface area contributed by atoms with Gasteiger partial charge in [0, 0.05) is 24.5 Å². The number of nitrogens with one attached hydrogen (secondary N) is 1. The van der Waals surface area contributed by atoms with E-state index in [0.29, 0.717) is 24.5 Å². The topological polar surface area (TPSA) is 64.4 Å². The molecule has 0 saturated heterocycles. The van der Waals surface area contributed by atoms with Crippen molar-refractivity contribution in [3.8, 4) is 17.1 Å². The van der Waals surface area contributed by atoms with Crippen molar-refractivity contribution in [3.05, 3.63) is 84.4 Å². The molecule has 0 aliphatic rings. The normalized spacial score (nSPS) is 10.8. The number of pyridine rings is 1. The maximum absolute atomic E-state index is 13.0. The van der Waals surface area contributed by atoms with Gasteiger partial charge in [-0.05, 0) is 47.5 Å². The molecule has 2 heterocycles. The van der Waals surface area contributed by atoms with Gasteiger partial charge in [0.1, 0.15) is 11.5 Å². The second-order valence-corrected chi connectivity index (χ2v) is 6.33. The number of fused-ring (bicyclic) bond motifs is 1. The molecule has 5 heteroatoms. The molecule has 0 fully saturated rings. The van der Waals surface area contributed by atoms with Gasteiger partial charge in [0.25, 0.3) is 5.91 Å². The predicted octanol–water partition coefficient (Wildman–Crippen LogP) is 4.82. The maximum Gasteiger partial charge on any atom is 0.255 e. The highest BCUT2D eigenvalue weighted by Crippen LogP contribution is 2.28. The van der Waals surface area contributed by atoms with E-state index in [1.165, 1.54) is 0 Å². The van der Waals surface area contributed by atoms with Crippen molar-refractivity contribution in [1.29, 1.82) is 0 Å². The standard InChI is InChI=1S/C23H20N2O3/c1-2-27-21-10-9-17-6-3-4-7-19(17)22(21)23(26)25-14-16-12-18(15-24-13-16)20-8-5-11-28-20/h3-13,15H,2,14H2,1H3,(H,25,26). The molecule has 1 N–H and O–H groups in total. The second-order valence-electron chi connectivity index (χ2n) is 6.33. The maximum atomic E-state index is 13.0. The van der Waals surface area contributed by atoms with Gasteiger partial charge in [-0.25, -0.2) is 0 Å². The molecule has 0 spiro atoms. The Labute approximate surface area is 163 Å². The van der Waals surface area contributed by atoms with Gasteiger partial charge < -0.3 is 14.5 Å². The molecule has 0 aliphatic heterocycles. The van der Waals surface area contributed by atoms with Crippen molar-refractivity contribution >= 4 is 16.7 Å². The summed E-state index contributed by atoms with van der Waals surface area (Å²) in [6, 6.07) is 17.3. The number of benzene rings is 2. The first kappa shape index (κ1) is 17.8. The summed E-state index contributed by atoms with van der Waals surface area (Å²) >= 11 is 0. The highest BCUT2D eigenvalue weighted by molar-refractivity contribution is 6.09. The summed E-state index contributed by atoms with van der Waals surface area (Å²) < 4.78 is 11.1. The van der Waals surface area contributed by atoms with E-state index in [4.69, 9.17) is 9.15 Å². The van der Waals surface area contributed by atoms with E-state index >= 15 is 0 Å². The summed E-state index contributed by atoms with van der Waals surface area (Å²) in [4.78, 5) is 17.3. The Kier molecular flexibility index (Phi) is 5.06. The molecule has 0 radical (unpaired) electrons. The Morgan fingerprint density at radius 1 is 1.11 bits per heavy atom. The number of rotatable bonds is 6. The third kappa shape index (κ3) is 3.60. The van der Waals surface area contributed by atoms with Gasteiger partial charge in [-0.1, -0.05) is 30.3 Å². The van der Waals surface area contributed by atoms with Crippen molar-refractivity contribution in [2.24, 2.45) is 0 Å². The van der Waals surface area contributed by atoms with Crippen molar-refractivity contribution in [2.75, 3.05) is 6.61 Å². The van der Waals surface area contributed by atoms with Crippen LogP contribution in [-0.2, 0) is 6.54 Å². The summed E-state index contributed by atoms with van der Waals surface area (Å²) in [7, 11) is 0. The van der Waals surface area contributed by atoms with E-state index in [0.717, 1.165) is 27.7 Å². The van der Waals surface area contributed by atoms with Crippen molar-refractivity contribution in [1.82, 2.24) is 10.3 Å². The molecular formula is C23H20N2O3. The Morgan fingerprint density at radius 3 is 2.82 bits per heavy atom. The number of carbonyl (C=O) groups is 1. The Balaban J connectivity index is 1.59. The molecule has 4 aromatic rings. The number of hydrogen-bond acceptors (Lipinski definition) is 4. The fraction of sp³-hybridized carbons (Fsp3) is 0.130. The Morgan fingerprint density at radius 2 is 2.00 bits per heavy atom. The van der Waals surface area contributed by atoms with Crippen LogP contribution in [0, 0.1) is 0 Å². The lowest BCUT2D eigenvalue weighted by atomic mass is 10.0. The highest BCUT2D eigenvalue weighted by atomic mass is 16.5. The quantitative estimate of drug-likeness (QED) is 0.527. The molecule has 28 heavy (non-hydrogen) atoms. The molecule has 0 atom stereocenters. The number of ether oxygens (including phenoxy) is 1. The third-order valence-corrected chi connectivity index (χ3v) is 4.47. The van der Waals surface area contributed by atoms with Crippen LogP contribution < -0.4 is 10.1 Å². The van der Waals surface area contributed by atoms with Gasteiger partial charge in [0.05, 0.1) is 18.4 Å². The van der Waals surface area contributed by atoms with E-state index in [2.05, 4.69) is 10.3 Å². The van der Waals surface area contributed by atoms with Crippen molar-refractivity contribution in [3.63, 3.8) is 0 Å². The van der Waals surface area contributed by atoms with Crippen LogP contribution in [0.5, 0.6) is 5.75 Å². The zero-order valence-electron chi connectivity index (χ0n) is 15.5. The zero-order valence-corrected chi connectivity index (χ0v) is 15.5. The monoisotopic (exact) mass is 372 g/mol. The average Bonchev–Trinajstić information content (AvgIpc) is 3.27. The first-order valence-corrected chi connectivity index (χ1v) is 9.17.